The monoisotopic (exact) mass is 284 g/mol. The Morgan fingerprint density at radius 1 is 1.41 bits per heavy atom. The lowest BCUT2D eigenvalue weighted by molar-refractivity contribution is 0.147. The normalized spacial score (nSPS) is 9.29. The van der Waals surface area contributed by atoms with Gasteiger partial charge in [-0.1, -0.05) is 0 Å². The zero-order valence-corrected chi connectivity index (χ0v) is 11.9. The van der Waals surface area contributed by atoms with E-state index in [0.717, 1.165) is 38.5 Å². The summed E-state index contributed by atoms with van der Waals surface area (Å²) in [6.45, 7) is 7.25. The molecule has 102 valence electrons. The summed E-state index contributed by atoms with van der Waals surface area (Å²) in [5.74, 6) is 0.772. The molecule has 0 aliphatic carbocycles. The Kier molecular flexibility index (Phi) is 11.6. The van der Waals surface area contributed by atoms with E-state index in [-0.39, 0.29) is 24.8 Å². The van der Waals surface area contributed by atoms with Gasteiger partial charge >= 0.3 is 0 Å². The van der Waals surface area contributed by atoms with E-state index in [1.54, 1.807) is 0 Å². The molecule has 0 aliphatic heterocycles. The molecule has 1 rings (SSSR count). The lowest BCUT2D eigenvalue weighted by Crippen LogP contribution is -2.07. The number of ether oxygens (including phenoxy) is 1. The van der Waals surface area contributed by atoms with Crippen LogP contribution in [0.4, 0.5) is 11.5 Å². The zero-order valence-electron chi connectivity index (χ0n) is 10.3. The molecule has 1 aromatic heterocycles. The minimum atomic E-state index is 0. The molecule has 0 fully saturated rings. The summed E-state index contributed by atoms with van der Waals surface area (Å²) in [7, 11) is 0. The first kappa shape index (κ1) is 18.7. The topological polar surface area (TPSA) is 65.1 Å². The van der Waals surface area contributed by atoms with Gasteiger partial charge < -0.3 is 15.8 Å². The molecule has 0 bridgehead atoms. The molecular formula is C10H22Cl2N4O. The van der Waals surface area contributed by atoms with Crippen LogP contribution in [0.5, 0.6) is 0 Å². The number of aromatic nitrogens is 2. The highest BCUT2D eigenvalue weighted by atomic mass is 35.5. The largest absolute Gasteiger partial charge is 0.394 e. The number of nitrogen functional groups attached to an aromatic ring is 1. The second-order valence-electron chi connectivity index (χ2n) is 3.27. The lowest BCUT2D eigenvalue weighted by Gasteiger charge is -2.03. The summed E-state index contributed by atoms with van der Waals surface area (Å²) in [6.07, 6.45) is 2.80. The number of nitrogens with zero attached hydrogens (tertiary/aromatic N) is 2. The van der Waals surface area contributed by atoms with Gasteiger partial charge in [-0.25, -0.2) is 0 Å². The second-order valence-corrected chi connectivity index (χ2v) is 3.27. The Morgan fingerprint density at radius 3 is 2.65 bits per heavy atom. The Bertz CT molecular complexity index is 294. The summed E-state index contributed by atoms with van der Waals surface area (Å²) in [5, 5.41) is 7.48. The van der Waals surface area contributed by atoms with Crippen LogP contribution in [0.3, 0.4) is 0 Å². The van der Waals surface area contributed by atoms with Crippen molar-refractivity contribution in [2.45, 2.75) is 26.8 Å². The number of aryl methyl sites for hydroxylation is 1. The molecule has 0 amide bonds. The lowest BCUT2D eigenvalue weighted by atomic mass is 10.4. The molecule has 0 unspecified atom stereocenters. The molecule has 0 atom stereocenters. The van der Waals surface area contributed by atoms with Crippen molar-refractivity contribution in [1.82, 2.24) is 9.78 Å². The number of nitrogens with one attached hydrogen (secondary N) is 1. The maximum atomic E-state index is 5.78. The van der Waals surface area contributed by atoms with Crippen LogP contribution in [-0.2, 0) is 11.3 Å². The van der Waals surface area contributed by atoms with E-state index >= 15 is 0 Å². The number of hydrogen-bond donors (Lipinski definition) is 2. The van der Waals surface area contributed by atoms with E-state index in [2.05, 4.69) is 10.4 Å². The zero-order chi connectivity index (χ0) is 11.1. The van der Waals surface area contributed by atoms with Crippen molar-refractivity contribution in [2.24, 2.45) is 0 Å². The first-order valence-electron chi connectivity index (χ1n) is 5.42. The van der Waals surface area contributed by atoms with Crippen molar-refractivity contribution in [3.05, 3.63) is 6.20 Å². The van der Waals surface area contributed by atoms with Gasteiger partial charge in [-0.05, 0) is 20.3 Å². The number of nitrogens with two attached hydrogens (primary N) is 1. The van der Waals surface area contributed by atoms with Crippen LogP contribution in [0.1, 0.15) is 20.3 Å². The number of halogens is 2. The smallest absolute Gasteiger partial charge is 0.171 e. The average Bonchev–Trinajstić information content (AvgIpc) is 2.59. The van der Waals surface area contributed by atoms with Crippen LogP contribution in [0, 0.1) is 0 Å². The van der Waals surface area contributed by atoms with Gasteiger partial charge in [0.05, 0.1) is 11.9 Å². The van der Waals surface area contributed by atoms with Crippen molar-refractivity contribution in [3.63, 3.8) is 0 Å². The molecular weight excluding hydrogens is 263 g/mol. The van der Waals surface area contributed by atoms with Crippen LogP contribution >= 0.6 is 24.8 Å². The summed E-state index contributed by atoms with van der Waals surface area (Å²) >= 11 is 0. The summed E-state index contributed by atoms with van der Waals surface area (Å²) in [4.78, 5) is 0. The molecule has 0 radical (unpaired) electrons. The van der Waals surface area contributed by atoms with E-state index in [9.17, 15) is 0 Å². The molecule has 1 heterocycles. The third-order valence-electron chi connectivity index (χ3n) is 2.08. The molecule has 0 aromatic carbocycles. The molecule has 1 aromatic rings. The summed E-state index contributed by atoms with van der Waals surface area (Å²) < 4.78 is 7.05. The minimum Gasteiger partial charge on any atom is -0.394 e. The van der Waals surface area contributed by atoms with Crippen LogP contribution in [0.15, 0.2) is 6.20 Å². The predicted octanol–water partition coefficient (Wildman–Crippen LogP) is 2.17. The SMILES string of the molecule is CCOCCCNc1nn(CC)cc1N.Cl.Cl. The van der Waals surface area contributed by atoms with Crippen molar-refractivity contribution in [1.29, 1.82) is 0 Å². The molecule has 0 spiro atoms. The van der Waals surface area contributed by atoms with Crippen molar-refractivity contribution in [3.8, 4) is 0 Å². The average molecular weight is 285 g/mol. The quantitative estimate of drug-likeness (QED) is 0.754. The van der Waals surface area contributed by atoms with E-state index in [4.69, 9.17) is 10.5 Å². The number of anilines is 2. The Hall–Kier alpha value is -0.650. The Morgan fingerprint density at radius 2 is 2.12 bits per heavy atom. The molecule has 5 nitrogen and oxygen atoms in total. The standard InChI is InChI=1S/C10H20N4O.2ClH/c1-3-14-8-9(11)10(13-14)12-6-5-7-15-4-2;;/h8H,3-7,11H2,1-2H3,(H,12,13);2*1H. The Labute approximate surface area is 115 Å². The Balaban J connectivity index is 0. The first-order valence-corrected chi connectivity index (χ1v) is 5.42. The van der Waals surface area contributed by atoms with Gasteiger partial charge in [0.1, 0.15) is 0 Å². The third-order valence-corrected chi connectivity index (χ3v) is 2.08. The van der Waals surface area contributed by atoms with E-state index in [1.165, 1.54) is 0 Å². The maximum absolute atomic E-state index is 5.78. The highest BCUT2D eigenvalue weighted by Crippen LogP contribution is 2.14. The number of hydrogen-bond acceptors (Lipinski definition) is 4. The fourth-order valence-electron chi connectivity index (χ4n) is 1.26. The van der Waals surface area contributed by atoms with E-state index < -0.39 is 0 Å². The van der Waals surface area contributed by atoms with Gasteiger partial charge in [0.2, 0.25) is 0 Å². The predicted molar refractivity (Wildman–Crippen MR) is 76.4 cm³/mol. The van der Waals surface area contributed by atoms with Gasteiger partial charge in [0, 0.05) is 26.3 Å². The van der Waals surface area contributed by atoms with Crippen LogP contribution in [0.25, 0.3) is 0 Å². The highest BCUT2D eigenvalue weighted by molar-refractivity contribution is 5.85. The first-order chi connectivity index (χ1) is 7.27. The molecule has 3 N–H and O–H groups in total. The maximum Gasteiger partial charge on any atom is 0.171 e. The molecule has 0 aliphatic rings. The van der Waals surface area contributed by atoms with Gasteiger partial charge in [0.15, 0.2) is 5.82 Å². The van der Waals surface area contributed by atoms with E-state index in [1.807, 2.05) is 24.7 Å². The van der Waals surface area contributed by atoms with Crippen molar-refractivity contribution in [2.75, 3.05) is 30.8 Å². The third kappa shape index (κ3) is 6.61. The van der Waals surface area contributed by atoms with E-state index in [0.29, 0.717) is 5.69 Å². The summed E-state index contributed by atoms with van der Waals surface area (Å²) in [5.41, 5.74) is 6.48. The summed E-state index contributed by atoms with van der Waals surface area (Å²) in [6, 6.07) is 0. The fourth-order valence-corrected chi connectivity index (χ4v) is 1.26. The minimum absolute atomic E-state index is 0. The van der Waals surface area contributed by atoms with Crippen molar-refractivity contribution >= 4 is 36.3 Å². The van der Waals surface area contributed by atoms with Gasteiger partial charge in [0.25, 0.3) is 0 Å². The number of rotatable bonds is 7. The van der Waals surface area contributed by atoms with Gasteiger partial charge in [-0.2, -0.15) is 5.10 Å². The fraction of sp³-hybridized carbons (Fsp3) is 0.700. The second kappa shape index (κ2) is 10.5. The highest BCUT2D eigenvalue weighted by Gasteiger charge is 2.03. The molecule has 0 saturated carbocycles. The van der Waals surface area contributed by atoms with Crippen molar-refractivity contribution < 1.29 is 4.74 Å². The van der Waals surface area contributed by atoms with Gasteiger partial charge in [-0.3, -0.25) is 4.68 Å². The van der Waals surface area contributed by atoms with Crippen LogP contribution in [0.2, 0.25) is 0 Å². The van der Waals surface area contributed by atoms with Gasteiger partial charge in [-0.15, -0.1) is 24.8 Å². The van der Waals surface area contributed by atoms with Crippen LogP contribution in [-0.4, -0.2) is 29.5 Å². The molecule has 7 heteroatoms. The van der Waals surface area contributed by atoms with Crippen LogP contribution < -0.4 is 11.1 Å². The molecule has 0 saturated heterocycles. The molecule has 17 heavy (non-hydrogen) atoms.